The SMILES string of the molecule is C=C/C=C(\C=C)CC(=O)c1ccc2c(c1)C=C(C(=O)O)C(C(F)(F)CF)O2.CC. The van der Waals surface area contributed by atoms with Gasteiger partial charge in [-0.05, 0) is 29.8 Å². The molecule has 1 heterocycles. The first-order valence-corrected chi connectivity index (χ1v) is 8.90. The number of fused-ring (bicyclic) bond motifs is 1. The third-order valence-corrected chi connectivity index (χ3v) is 3.94. The van der Waals surface area contributed by atoms with E-state index in [0.29, 0.717) is 5.57 Å². The first-order chi connectivity index (χ1) is 13.7. The van der Waals surface area contributed by atoms with Gasteiger partial charge in [0, 0.05) is 17.5 Å². The molecule has 0 aliphatic carbocycles. The highest BCUT2D eigenvalue weighted by Gasteiger charge is 2.48. The molecule has 1 aromatic rings. The topological polar surface area (TPSA) is 63.6 Å². The van der Waals surface area contributed by atoms with Gasteiger partial charge in [0.05, 0.1) is 5.57 Å². The number of rotatable bonds is 8. The number of Topliss-reactive ketones (excluding diaryl/α,β-unsaturated/α-hetero) is 1. The van der Waals surface area contributed by atoms with E-state index in [1.54, 1.807) is 6.08 Å². The summed E-state index contributed by atoms with van der Waals surface area (Å²) in [4.78, 5) is 23.7. The van der Waals surface area contributed by atoms with E-state index in [0.717, 1.165) is 6.08 Å². The highest BCUT2D eigenvalue weighted by atomic mass is 19.3. The Balaban J connectivity index is 0.00000204. The van der Waals surface area contributed by atoms with E-state index in [4.69, 9.17) is 4.74 Å². The Hall–Kier alpha value is -3.09. The number of carboxylic acid groups (broad SMARTS) is 1. The maximum Gasteiger partial charge on any atom is 0.335 e. The fourth-order valence-electron chi connectivity index (χ4n) is 2.57. The van der Waals surface area contributed by atoms with Gasteiger partial charge in [-0.15, -0.1) is 0 Å². The number of carbonyl (C=O) groups is 2. The molecule has 1 aromatic carbocycles. The maximum absolute atomic E-state index is 13.7. The fraction of sp³-hybridized carbons (Fsp3) is 0.273. The fourth-order valence-corrected chi connectivity index (χ4v) is 2.57. The lowest BCUT2D eigenvalue weighted by Gasteiger charge is -2.30. The molecule has 0 saturated heterocycles. The second-order valence-corrected chi connectivity index (χ2v) is 5.83. The Kier molecular flexibility index (Phi) is 8.63. The van der Waals surface area contributed by atoms with Crippen LogP contribution in [0.25, 0.3) is 6.08 Å². The van der Waals surface area contributed by atoms with E-state index >= 15 is 0 Å². The minimum atomic E-state index is -4.00. The third-order valence-electron chi connectivity index (χ3n) is 3.94. The van der Waals surface area contributed by atoms with Gasteiger partial charge in [0.15, 0.2) is 18.6 Å². The number of alkyl halides is 3. The predicted octanol–water partition coefficient (Wildman–Crippen LogP) is 5.42. The predicted molar refractivity (Wildman–Crippen MR) is 106 cm³/mol. The zero-order chi connectivity index (χ0) is 22.2. The Morgan fingerprint density at radius 2 is 1.93 bits per heavy atom. The molecule has 0 aromatic heterocycles. The summed E-state index contributed by atoms with van der Waals surface area (Å²) in [6.07, 6.45) is 3.40. The number of ketones is 1. The molecule has 156 valence electrons. The smallest absolute Gasteiger partial charge is 0.335 e. The Morgan fingerprint density at radius 3 is 2.45 bits per heavy atom. The van der Waals surface area contributed by atoms with Crippen LogP contribution in [0, 0.1) is 0 Å². The van der Waals surface area contributed by atoms with Crippen LogP contribution in [-0.4, -0.2) is 35.6 Å². The number of halogens is 3. The lowest BCUT2D eigenvalue weighted by molar-refractivity contribution is -0.139. The van der Waals surface area contributed by atoms with Crippen molar-refractivity contribution in [1.82, 2.24) is 0 Å². The van der Waals surface area contributed by atoms with Crippen LogP contribution in [0.1, 0.15) is 36.2 Å². The number of allylic oxidation sites excluding steroid dienone is 4. The van der Waals surface area contributed by atoms with E-state index in [-0.39, 0.29) is 29.1 Å². The number of aliphatic carboxylic acids is 1. The molecule has 4 nitrogen and oxygen atoms in total. The number of benzene rings is 1. The summed E-state index contributed by atoms with van der Waals surface area (Å²) in [7, 11) is 0. The van der Waals surface area contributed by atoms with E-state index in [9.17, 15) is 27.9 Å². The van der Waals surface area contributed by atoms with Gasteiger partial charge in [-0.1, -0.05) is 45.2 Å². The molecule has 29 heavy (non-hydrogen) atoms. The maximum atomic E-state index is 13.7. The van der Waals surface area contributed by atoms with Crippen LogP contribution in [0.2, 0.25) is 0 Å². The highest BCUT2D eigenvalue weighted by molar-refractivity contribution is 6.00. The average molecular weight is 408 g/mol. The first-order valence-electron chi connectivity index (χ1n) is 8.90. The molecule has 1 aliphatic heterocycles. The van der Waals surface area contributed by atoms with Gasteiger partial charge in [0.25, 0.3) is 0 Å². The van der Waals surface area contributed by atoms with Crippen LogP contribution in [0.15, 0.2) is 60.7 Å². The zero-order valence-electron chi connectivity index (χ0n) is 16.3. The summed E-state index contributed by atoms with van der Waals surface area (Å²) in [5, 5.41) is 9.18. The molecule has 1 atom stereocenters. The van der Waals surface area contributed by atoms with E-state index in [1.165, 1.54) is 30.4 Å². The summed E-state index contributed by atoms with van der Waals surface area (Å²) >= 11 is 0. The van der Waals surface area contributed by atoms with Gasteiger partial charge in [0.1, 0.15) is 5.75 Å². The van der Waals surface area contributed by atoms with Crippen LogP contribution in [0.4, 0.5) is 13.2 Å². The van der Waals surface area contributed by atoms with Crippen molar-refractivity contribution in [2.45, 2.75) is 32.3 Å². The van der Waals surface area contributed by atoms with Crippen LogP contribution in [0.3, 0.4) is 0 Å². The summed E-state index contributed by atoms with van der Waals surface area (Å²) in [5.74, 6) is -5.99. The monoisotopic (exact) mass is 408 g/mol. The van der Waals surface area contributed by atoms with Crippen molar-refractivity contribution in [3.05, 3.63) is 71.9 Å². The van der Waals surface area contributed by atoms with Crippen molar-refractivity contribution < 1.29 is 32.6 Å². The van der Waals surface area contributed by atoms with E-state index < -0.39 is 30.2 Å². The van der Waals surface area contributed by atoms with Crippen LogP contribution < -0.4 is 4.74 Å². The van der Waals surface area contributed by atoms with E-state index in [1.807, 2.05) is 13.8 Å². The van der Waals surface area contributed by atoms with Gasteiger partial charge in [-0.25, -0.2) is 9.18 Å². The van der Waals surface area contributed by atoms with Crippen molar-refractivity contribution in [1.29, 1.82) is 0 Å². The largest absolute Gasteiger partial charge is 0.478 e. The number of ether oxygens (including phenoxy) is 1. The lowest BCUT2D eigenvalue weighted by atomic mass is 9.95. The quantitative estimate of drug-likeness (QED) is 0.461. The molecule has 0 fully saturated rings. The van der Waals surface area contributed by atoms with Gasteiger partial charge in [-0.3, -0.25) is 4.79 Å². The summed E-state index contributed by atoms with van der Waals surface area (Å²) < 4.78 is 45.1. The van der Waals surface area contributed by atoms with Crippen LogP contribution in [-0.2, 0) is 4.79 Å². The molecule has 0 amide bonds. The third kappa shape index (κ3) is 5.70. The highest BCUT2D eigenvalue weighted by Crippen LogP contribution is 2.37. The number of carbonyl (C=O) groups excluding carboxylic acids is 1. The number of hydrogen-bond donors (Lipinski definition) is 1. The van der Waals surface area contributed by atoms with Crippen molar-refractivity contribution in [3.63, 3.8) is 0 Å². The molecule has 7 heteroatoms. The normalized spacial score (nSPS) is 15.7. The molecular weight excluding hydrogens is 385 g/mol. The van der Waals surface area contributed by atoms with Gasteiger partial charge in [-0.2, -0.15) is 8.78 Å². The van der Waals surface area contributed by atoms with Crippen molar-refractivity contribution >= 4 is 17.8 Å². The minimum Gasteiger partial charge on any atom is -0.478 e. The second-order valence-electron chi connectivity index (χ2n) is 5.83. The zero-order valence-corrected chi connectivity index (χ0v) is 16.3. The Morgan fingerprint density at radius 1 is 1.28 bits per heavy atom. The molecule has 1 aliphatic rings. The van der Waals surface area contributed by atoms with Gasteiger partial charge < -0.3 is 9.84 Å². The second kappa shape index (κ2) is 10.5. The van der Waals surface area contributed by atoms with E-state index in [2.05, 4.69) is 13.2 Å². The van der Waals surface area contributed by atoms with Crippen molar-refractivity contribution in [3.8, 4) is 5.75 Å². The molecule has 1 N–H and O–H groups in total. The lowest BCUT2D eigenvalue weighted by Crippen LogP contribution is -2.44. The standard InChI is InChI=1S/C20H17F3O4.C2H6/c1-3-5-12(4-2)8-16(24)13-6-7-17-14(9-13)10-15(19(25)26)18(27-17)20(22,23)11-21;1-2/h3-7,9-10,18H,1-2,8,11H2,(H,25,26);1-2H3/b12-5+;. The Labute approximate surface area is 167 Å². The minimum absolute atomic E-state index is 0.0349. The molecule has 1 unspecified atom stereocenters. The number of carboxylic acids is 1. The van der Waals surface area contributed by atoms with Crippen LogP contribution >= 0.6 is 0 Å². The van der Waals surface area contributed by atoms with Gasteiger partial charge >= 0.3 is 11.9 Å². The van der Waals surface area contributed by atoms with Crippen LogP contribution in [0.5, 0.6) is 5.75 Å². The molecule has 0 saturated carbocycles. The first kappa shape index (κ1) is 23.9. The molecule has 0 bridgehead atoms. The molecule has 0 spiro atoms. The molecular formula is C22H23F3O4. The van der Waals surface area contributed by atoms with Crippen molar-refractivity contribution in [2.24, 2.45) is 0 Å². The van der Waals surface area contributed by atoms with Crippen molar-refractivity contribution in [2.75, 3.05) is 6.67 Å². The molecule has 2 rings (SSSR count). The average Bonchev–Trinajstić information content (AvgIpc) is 2.73. The molecule has 0 radical (unpaired) electrons. The Bertz CT molecular complexity index is 854. The summed E-state index contributed by atoms with van der Waals surface area (Å²) in [6, 6.07) is 4.00. The number of hydrogen-bond acceptors (Lipinski definition) is 3. The van der Waals surface area contributed by atoms with Gasteiger partial charge in [0.2, 0.25) is 0 Å². The summed E-state index contributed by atoms with van der Waals surface area (Å²) in [5.41, 5.74) is 0.240. The summed E-state index contributed by atoms with van der Waals surface area (Å²) in [6.45, 7) is 9.08.